The number of nitrogens with two attached hydrogens (primary N) is 1. The van der Waals surface area contributed by atoms with Crippen LogP contribution < -0.4 is 10.5 Å². The Morgan fingerprint density at radius 2 is 2.35 bits per heavy atom. The third-order valence-corrected chi connectivity index (χ3v) is 4.15. The van der Waals surface area contributed by atoms with E-state index in [2.05, 4.69) is 4.72 Å². The second-order valence-electron chi connectivity index (χ2n) is 4.02. The maximum Gasteiger partial charge on any atom is 0.279 e. The molecule has 1 aliphatic heterocycles. The van der Waals surface area contributed by atoms with Crippen LogP contribution in [0.5, 0.6) is 0 Å². The summed E-state index contributed by atoms with van der Waals surface area (Å²) in [6, 6.07) is -0.188. The fourth-order valence-electron chi connectivity index (χ4n) is 1.55. The first kappa shape index (κ1) is 14.8. The minimum absolute atomic E-state index is 0.188. The second-order valence-corrected chi connectivity index (χ2v) is 5.77. The second kappa shape index (κ2) is 6.62. The number of nitrogens with zero attached hydrogens (tertiary/aromatic N) is 1. The molecule has 7 nitrogen and oxygen atoms in total. The molecule has 17 heavy (non-hydrogen) atoms. The predicted octanol–water partition coefficient (Wildman–Crippen LogP) is -1.48. The van der Waals surface area contributed by atoms with Gasteiger partial charge in [0.25, 0.3) is 10.2 Å². The minimum atomic E-state index is -3.45. The van der Waals surface area contributed by atoms with Gasteiger partial charge in [-0.1, -0.05) is 0 Å². The van der Waals surface area contributed by atoms with Gasteiger partial charge < -0.3 is 15.2 Å². The van der Waals surface area contributed by atoms with Crippen molar-refractivity contribution >= 4 is 10.2 Å². The number of rotatable bonds is 6. The van der Waals surface area contributed by atoms with E-state index in [0.29, 0.717) is 26.3 Å². The molecule has 0 saturated carbocycles. The summed E-state index contributed by atoms with van der Waals surface area (Å²) in [5.41, 5.74) is 5.71. The molecule has 1 heterocycles. The predicted molar refractivity (Wildman–Crippen MR) is 63.8 cm³/mol. The van der Waals surface area contributed by atoms with E-state index >= 15 is 0 Å². The standard InChI is InChI=1S/C9H21N3O4S/c1-8(10)9-7-12(4-6-16-9)17(13,14)11-3-5-15-2/h8-9,11H,3-7,10H2,1-2H3. The van der Waals surface area contributed by atoms with E-state index in [0.717, 1.165) is 0 Å². The maximum atomic E-state index is 11.9. The normalized spacial score (nSPS) is 24.8. The molecule has 0 spiro atoms. The number of methoxy groups -OCH3 is 1. The van der Waals surface area contributed by atoms with Crippen molar-refractivity contribution in [2.24, 2.45) is 5.73 Å². The van der Waals surface area contributed by atoms with Gasteiger partial charge in [0.15, 0.2) is 0 Å². The summed E-state index contributed by atoms with van der Waals surface area (Å²) >= 11 is 0. The lowest BCUT2D eigenvalue weighted by Crippen LogP contribution is -2.54. The van der Waals surface area contributed by atoms with E-state index in [-0.39, 0.29) is 18.7 Å². The fraction of sp³-hybridized carbons (Fsp3) is 1.00. The quantitative estimate of drug-likeness (QED) is 0.572. The topological polar surface area (TPSA) is 93.9 Å². The molecule has 0 aromatic carbocycles. The van der Waals surface area contributed by atoms with E-state index in [1.54, 1.807) is 6.92 Å². The Kier molecular flexibility index (Phi) is 5.77. The number of morpholine rings is 1. The van der Waals surface area contributed by atoms with Crippen LogP contribution in [0.4, 0.5) is 0 Å². The molecule has 102 valence electrons. The third-order valence-electron chi connectivity index (χ3n) is 2.57. The summed E-state index contributed by atoms with van der Waals surface area (Å²) < 4.78 is 37.8. The van der Waals surface area contributed by atoms with Crippen LogP contribution in [-0.2, 0) is 19.7 Å². The van der Waals surface area contributed by atoms with Gasteiger partial charge >= 0.3 is 0 Å². The van der Waals surface area contributed by atoms with Crippen LogP contribution in [0.25, 0.3) is 0 Å². The Hall–Kier alpha value is -0.250. The summed E-state index contributed by atoms with van der Waals surface area (Å²) in [6.07, 6.45) is -0.247. The van der Waals surface area contributed by atoms with E-state index in [9.17, 15) is 8.42 Å². The highest BCUT2D eigenvalue weighted by Crippen LogP contribution is 2.10. The first-order chi connectivity index (χ1) is 7.97. The third kappa shape index (κ3) is 4.49. The highest BCUT2D eigenvalue weighted by molar-refractivity contribution is 7.87. The van der Waals surface area contributed by atoms with Gasteiger partial charge in [0.2, 0.25) is 0 Å². The van der Waals surface area contributed by atoms with Gasteiger partial charge in [-0.15, -0.1) is 0 Å². The van der Waals surface area contributed by atoms with Gasteiger partial charge in [0, 0.05) is 32.8 Å². The van der Waals surface area contributed by atoms with Crippen molar-refractivity contribution in [3.05, 3.63) is 0 Å². The Morgan fingerprint density at radius 1 is 1.65 bits per heavy atom. The first-order valence-corrected chi connectivity index (χ1v) is 7.02. The summed E-state index contributed by atoms with van der Waals surface area (Å²) in [4.78, 5) is 0. The van der Waals surface area contributed by atoms with Crippen LogP contribution in [0.15, 0.2) is 0 Å². The molecular formula is C9H21N3O4S. The van der Waals surface area contributed by atoms with E-state index < -0.39 is 10.2 Å². The largest absolute Gasteiger partial charge is 0.383 e. The van der Waals surface area contributed by atoms with Gasteiger partial charge in [-0.3, -0.25) is 0 Å². The molecule has 0 amide bonds. The minimum Gasteiger partial charge on any atom is -0.383 e. The molecule has 1 saturated heterocycles. The Balaban J connectivity index is 2.52. The summed E-state index contributed by atoms with van der Waals surface area (Å²) in [5, 5.41) is 0. The monoisotopic (exact) mass is 267 g/mol. The van der Waals surface area contributed by atoms with Gasteiger partial charge in [-0.2, -0.15) is 17.4 Å². The van der Waals surface area contributed by atoms with Crippen LogP contribution >= 0.6 is 0 Å². The van der Waals surface area contributed by atoms with Gasteiger partial charge in [-0.25, -0.2) is 0 Å². The van der Waals surface area contributed by atoms with E-state index in [1.165, 1.54) is 11.4 Å². The molecule has 0 radical (unpaired) electrons. The average molecular weight is 267 g/mol. The summed E-state index contributed by atoms with van der Waals surface area (Å²) in [6.45, 7) is 3.43. The van der Waals surface area contributed by atoms with Gasteiger partial charge in [-0.05, 0) is 6.92 Å². The zero-order valence-electron chi connectivity index (χ0n) is 10.3. The number of hydrogen-bond acceptors (Lipinski definition) is 5. The maximum absolute atomic E-state index is 11.9. The average Bonchev–Trinajstić information content (AvgIpc) is 2.29. The zero-order valence-corrected chi connectivity index (χ0v) is 11.1. The highest BCUT2D eigenvalue weighted by atomic mass is 32.2. The molecule has 1 aliphatic rings. The molecule has 1 rings (SSSR count). The fourth-order valence-corrected chi connectivity index (χ4v) is 2.73. The molecule has 2 atom stereocenters. The molecule has 8 heteroatoms. The van der Waals surface area contributed by atoms with Gasteiger partial charge in [0.05, 0.1) is 19.3 Å². The van der Waals surface area contributed by atoms with Gasteiger partial charge in [0.1, 0.15) is 0 Å². The SMILES string of the molecule is COCCNS(=O)(=O)N1CCOC(C(C)N)C1. The number of ether oxygens (including phenoxy) is 2. The number of hydrogen-bond donors (Lipinski definition) is 2. The van der Waals surface area contributed by atoms with Crippen molar-refractivity contribution in [2.45, 2.75) is 19.1 Å². The molecule has 1 fully saturated rings. The molecule has 0 aliphatic carbocycles. The molecule has 3 N–H and O–H groups in total. The van der Waals surface area contributed by atoms with Crippen LogP contribution in [0.1, 0.15) is 6.92 Å². The Bertz CT molecular complexity index is 320. The van der Waals surface area contributed by atoms with E-state index in [1.807, 2.05) is 0 Å². The Labute approximate surface area is 102 Å². The molecule has 2 unspecified atom stereocenters. The molecule has 0 aromatic rings. The summed E-state index contributed by atoms with van der Waals surface area (Å²) in [5.74, 6) is 0. The lowest BCUT2D eigenvalue weighted by molar-refractivity contribution is -0.0123. The molecular weight excluding hydrogens is 246 g/mol. The first-order valence-electron chi connectivity index (χ1n) is 5.58. The summed E-state index contributed by atoms with van der Waals surface area (Å²) in [7, 11) is -1.93. The van der Waals surface area contributed by atoms with Crippen molar-refractivity contribution in [2.75, 3.05) is 40.0 Å². The highest BCUT2D eigenvalue weighted by Gasteiger charge is 2.30. The lowest BCUT2D eigenvalue weighted by Gasteiger charge is -2.33. The smallest absolute Gasteiger partial charge is 0.279 e. The Morgan fingerprint density at radius 3 is 2.94 bits per heavy atom. The number of nitrogens with one attached hydrogen (secondary N) is 1. The zero-order chi connectivity index (χ0) is 12.9. The van der Waals surface area contributed by atoms with Crippen LogP contribution in [-0.4, -0.2) is 64.8 Å². The van der Waals surface area contributed by atoms with Crippen LogP contribution in [0, 0.1) is 0 Å². The molecule has 0 bridgehead atoms. The van der Waals surface area contributed by atoms with Crippen molar-refractivity contribution in [3.8, 4) is 0 Å². The van der Waals surface area contributed by atoms with Crippen molar-refractivity contribution < 1.29 is 17.9 Å². The molecule has 0 aromatic heterocycles. The van der Waals surface area contributed by atoms with Crippen molar-refractivity contribution in [1.29, 1.82) is 0 Å². The van der Waals surface area contributed by atoms with E-state index in [4.69, 9.17) is 15.2 Å². The van der Waals surface area contributed by atoms with Crippen LogP contribution in [0.2, 0.25) is 0 Å². The van der Waals surface area contributed by atoms with Crippen molar-refractivity contribution in [3.63, 3.8) is 0 Å². The van der Waals surface area contributed by atoms with Crippen molar-refractivity contribution in [1.82, 2.24) is 9.03 Å². The van der Waals surface area contributed by atoms with Crippen LogP contribution in [0.3, 0.4) is 0 Å². The lowest BCUT2D eigenvalue weighted by atomic mass is 10.2.